The number of carbonyl (C=O) groups excluding carboxylic acids is 1. The molecule has 1 heterocycles. The quantitative estimate of drug-likeness (QED) is 0.743. The largest absolute Gasteiger partial charge is 0.379 e. The van der Waals surface area contributed by atoms with Crippen LogP contribution >= 0.6 is 0 Å². The minimum absolute atomic E-state index is 0.126. The van der Waals surface area contributed by atoms with Gasteiger partial charge < -0.3 is 10.5 Å². The molecule has 14 heavy (non-hydrogen) atoms. The average molecular weight is 199 g/mol. The van der Waals surface area contributed by atoms with Crippen LogP contribution in [0.1, 0.15) is 33.6 Å². The Kier molecular flexibility index (Phi) is 3.67. The van der Waals surface area contributed by atoms with Crippen molar-refractivity contribution in [2.45, 2.75) is 39.7 Å². The molecule has 3 heteroatoms. The first-order chi connectivity index (χ1) is 6.50. The van der Waals surface area contributed by atoms with Crippen molar-refractivity contribution in [1.82, 2.24) is 0 Å². The molecule has 82 valence electrons. The Morgan fingerprint density at radius 2 is 2.36 bits per heavy atom. The topological polar surface area (TPSA) is 52.3 Å². The van der Waals surface area contributed by atoms with Gasteiger partial charge in [0, 0.05) is 12.5 Å². The van der Waals surface area contributed by atoms with E-state index in [1.807, 2.05) is 6.92 Å². The summed E-state index contributed by atoms with van der Waals surface area (Å²) in [5.41, 5.74) is 5.44. The minimum atomic E-state index is -0.441. The lowest BCUT2D eigenvalue weighted by molar-refractivity contribution is -0.129. The summed E-state index contributed by atoms with van der Waals surface area (Å²) in [7, 11) is 0. The Morgan fingerprint density at radius 1 is 1.71 bits per heavy atom. The average Bonchev–Trinajstić information content (AvgIpc) is 2.48. The number of nitrogens with two attached hydrogens (primary N) is 1. The smallest absolute Gasteiger partial charge is 0.142 e. The van der Waals surface area contributed by atoms with Crippen LogP contribution in [0.3, 0.4) is 0 Å². The summed E-state index contributed by atoms with van der Waals surface area (Å²) in [5, 5.41) is 0. The van der Waals surface area contributed by atoms with Gasteiger partial charge in [0.1, 0.15) is 5.78 Å². The van der Waals surface area contributed by atoms with Crippen LogP contribution in [0.5, 0.6) is 0 Å². The fourth-order valence-electron chi connectivity index (χ4n) is 1.67. The highest BCUT2D eigenvalue weighted by Gasteiger charge is 2.43. The second kappa shape index (κ2) is 4.41. The zero-order chi connectivity index (χ0) is 10.8. The van der Waals surface area contributed by atoms with Gasteiger partial charge in [-0.3, -0.25) is 4.79 Å². The van der Waals surface area contributed by atoms with E-state index in [-0.39, 0.29) is 11.8 Å². The predicted molar refractivity (Wildman–Crippen MR) is 56.0 cm³/mol. The van der Waals surface area contributed by atoms with Crippen LogP contribution in [-0.4, -0.2) is 25.0 Å². The summed E-state index contributed by atoms with van der Waals surface area (Å²) in [6, 6.07) is -0.126. The van der Waals surface area contributed by atoms with Crippen molar-refractivity contribution in [3.8, 4) is 0 Å². The first-order valence-corrected chi connectivity index (χ1v) is 5.37. The Bertz CT molecular complexity index is 217. The number of hydrogen-bond acceptors (Lipinski definition) is 3. The molecule has 0 aromatic carbocycles. The van der Waals surface area contributed by atoms with E-state index in [1.54, 1.807) is 0 Å². The molecule has 0 aromatic rings. The molecule has 0 saturated carbocycles. The van der Waals surface area contributed by atoms with Crippen molar-refractivity contribution in [2.24, 2.45) is 17.1 Å². The summed E-state index contributed by atoms with van der Waals surface area (Å²) >= 11 is 0. The lowest BCUT2D eigenvalue weighted by Gasteiger charge is -2.26. The van der Waals surface area contributed by atoms with Crippen molar-refractivity contribution >= 4 is 5.78 Å². The highest BCUT2D eigenvalue weighted by Crippen LogP contribution is 2.30. The van der Waals surface area contributed by atoms with Crippen LogP contribution in [-0.2, 0) is 9.53 Å². The van der Waals surface area contributed by atoms with Gasteiger partial charge in [-0.1, -0.05) is 20.3 Å². The zero-order valence-electron chi connectivity index (χ0n) is 9.38. The van der Waals surface area contributed by atoms with E-state index in [9.17, 15) is 4.79 Å². The molecule has 0 bridgehead atoms. The van der Waals surface area contributed by atoms with E-state index in [2.05, 4.69) is 13.8 Å². The second-order valence-corrected chi connectivity index (χ2v) is 4.68. The molecule has 0 amide bonds. The molecule has 1 aliphatic rings. The molecule has 2 N–H and O–H groups in total. The number of hydrogen-bond donors (Lipinski definition) is 1. The van der Waals surface area contributed by atoms with Gasteiger partial charge >= 0.3 is 0 Å². The number of Topliss-reactive ketones (excluding diaryl/α,β-unsaturated/α-hetero) is 1. The van der Waals surface area contributed by atoms with E-state index >= 15 is 0 Å². The van der Waals surface area contributed by atoms with Gasteiger partial charge in [-0.25, -0.2) is 0 Å². The summed E-state index contributed by atoms with van der Waals surface area (Å²) in [4.78, 5) is 12.0. The molecule has 0 radical (unpaired) electrons. The molecule has 1 rings (SSSR count). The SMILES string of the molecule is CCC(C)CC(=O)C1(C)COCC1N. The van der Waals surface area contributed by atoms with Gasteiger partial charge in [0.05, 0.1) is 18.6 Å². The van der Waals surface area contributed by atoms with Crippen LogP contribution in [0.15, 0.2) is 0 Å². The Balaban J connectivity index is 2.59. The summed E-state index contributed by atoms with van der Waals surface area (Å²) in [6.45, 7) is 7.13. The summed E-state index contributed by atoms with van der Waals surface area (Å²) in [5.74, 6) is 0.712. The van der Waals surface area contributed by atoms with Gasteiger partial charge in [-0.05, 0) is 12.8 Å². The first kappa shape index (κ1) is 11.7. The van der Waals surface area contributed by atoms with Gasteiger partial charge in [0.25, 0.3) is 0 Å². The molecular formula is C11H21NO2. The Morgan fingerprint density at radius 3 is 2.79 bits per heavy atom. The van der Waals surface area contributed by atoms with Crippen molar-refractivity contribution in [3.63, 3.8) is 0 Å². The van der Waals surface area contributed by atoms with Crippen LogP contribution in [0.4, 0.5) is 0 Å². The third kappa shape index (κ3) is 2.15. The van der Waals surface area contributed by atoms with E-state index in [0.717, 1.165) is 6.42 Å². The lowest BCUT2D eigenvalue weighted by Crippen LogP contribution is -2.44. The zero-order valence-corrected chi connectivity index (χ0v) is 9.38. The number of ether oxygens (including phenoxy) is 1. The normalized spacial score (nSPS) is 34.4. The van der Waals surface area contributed by atoms with Crippen molar-refractivity contribution in [3.05, 3.63) is 0 Å². The van der Waals surface area contributed by atoms with E-state index in [1.165, 1.54) is 0 Å². The van der Waals surface area contributed by atoms with E-state index < -0.39 is 5.41 Å². The molecule has 0 aliphatic carbocycles. The standard InChI is InChI=1S/C11H21NO2/c1-4-8(2)5-10(13)11(3)7-14-6-9(11)12/h8-9H,4-7,12H2,1-3H3. The monoisotopic (exact) mass is 199 g/mol. The van der Waals surface area contributed by atoms with Crippen molar-refractivity contribution < 1.29 is 9.53 Å². The van der Waals surface area contributed by atoms with Crippen molar-refractivity contribution in [1.29, 1.82) is 0 Å². The highest BCUT2D eigenvalue weighted by atomic mass is 16.5. The van der Waals surface area contributed by atoms with Crippen LogP contribution in [0, 0.1) is 11.3 Å². The third-order valence-corrected chi connectivity index (χ3v) is 3.39. The molecule has 1 aliphatic heterocycles. The number of ketones is 1. The molecule has 0 spiro atoms. The van der Waals surface area contributed by atoms with Crippen molar-refractivity contribution in [2.75, 3.05) is 13.2 Å². The fraction of sp³-hybridized carbons (Fsp3) is 0.909. The second-order valence-electron chi connectivity index (χ2n) is 4.68. The van der Waals surface area contributed by atoms with E-state index in [4.69, 9.17) is 10.5 Å². The van der Waals surface area contributed by atoms with E-state index in [0.29, 0.717) is 25.6 Å². The van der Waals surface area contributed by atoms with Gasteiger partial charge in [-0.2, -0.15) is 0 Å². The predicted octanol–water partition coefficient (Wildman–Crippen LogP) is 1.36. The van der Waals surface area contributed by atoms with Gasteiger partial charge in [-0.15, -0.1) is 0 Å². The van der Waals surface area contributed by atoms with Crippen LogP contribution in [0.25, 0.3) is 0 Å². The maximum Gasteiger partial charge on any atom is 0.142 e. The highest BCUT2D eigenvalue weighted by molar-refractivity contribution is 5.85. The Hall–Kier alpha value is -0.410. The maximum absolute atomic E-state index is 12.0. The lowest BCUT2D eigenvalue weighted by atomic mass is 9.78. The number of carbonyl (C=O) groups is 1. The minimum Gasteiger partial charge on any atom is -0.379 e. The fourth-order valence-corrected chi connectivity index (χ4v) is 1.67. The first-order valence-electron chi connectivity index (χ1n) is 5.37. The Labute approximate surface area is 86.0 Å². The molecular weight excluding hydrogens is 178 g/mol. The van der Waals surface area contributed by atoms with Crippen LogP contribution < -0.4 is 5.73 Å². The van der Waals surface area contributed by atoms with Crippen LogP contribution in [0.2, 0.25) is 0 Å². The molecule has 3 nitrogen and oxygen atoms in total. The maximum atomic E-state index is 12.0. The summed E-state index contributed by atoms with van der Waals surface area (Å²) < 4.78 is 5.26. The molecule has 1 fully saturated rings. The van der Waals surface area contributed by atoms with Gasteiger partial charge in [0.15, 0.2) is 0 Å². The molecule has 3 unspecified atom stereocenters. The third-order valence-electron chi connectivity index (χ3n) is 3.39. The molecule has 1 saturated heterocycles. The van der Waals surface area contributed by atoms with Gasteiger partial charge in [0.2, 0.25) is 0 Å². The molecule has 3 atom stereocenters. The molecule has 0 aromatic heterocycles. The summed E-state index contributed by atoms with van der Waals surface area (Å²) in [6.07, 6.45) is 1.67. The number of rotatable bonds is 4.